The van der Waals surface area contributed by atoms with Crippen LogP contribution in [0.2, 0.25) is 0 Å². The van der Waals surface area contributed by atoms with Gasteiger partial charge in [-0.05, 0) is 96.6 Å². The highest BCUT2D eigenvalue weighted by atomic mass is 15.1. The summed E-state index contributed by atoms with van der Waals surface area (Å²) in [4.78, 5) is 2.41. The van der Waals surface area contributed by atoms with Crippen LogP contribution in [-0.4, -0.2) is 0 Å². The molecule has 0 saturated carbocycles. The maximum atomic E-state index is 2.43. The van der Waals surface area contributed by atoms with E-state index in [-0.39, 0.29) is 10.8 Å². The molecule has 0 amide bonds. The molecule has 0 unspecified atom stereocenters. The summed E-state index contributed by atoms with van der Waals surface area (Å²) in [6, 6.07) is 55.5. The van der Waals surface area contributed by atoms with Crippen molar-refractivity contribution < 1.29 is 0 Å². The lowest BCUT2D eigenvalue weighted by Crippen LogP contribution is -2.42. The normalized spacial score (nSPS) is 14.6. The second-order valence-electron chi connectivity index (χ2n) is 13.4. The Morgan fingerprint density at radius 1 is 0.422 bits per heavy atom. The van der Waals surface area contributed by atoms with Gasteiger partial charge in [-0.25, -0.2) is 0 Å². The van der Waals surface area contributed by atoms with Gasteiger partial charge in [0.05, 0.1) is 5.69 Å². The van der Waals surface area contributed by atoms with Crippen molar-refractivity contribution in [1.29, 1.82) is 0 Å². The zero-order valence-corrected chi connectivity index (χ0v) is 26.4. The first-order valence-electron chi connectivity index (χ1n) is 16.0. The van der Waals surface area contributed by atoms with Crippen LogP contribution in [0.4, 0.5) is 17.1 Å². The topological polar surface area (TPSA) is 3.24 Å². The maximum Gasteiger partial charge on any atom is 0.0540 e. The molecule has 1 aliphatic rings. The van der Waals surface area contributed by atoms with E-state index in [0.717, 1.165) is 17.1 Å². The molecule has 0 N–H and O–H groups in total. The van der Waals surface area contributed by atoms with Gasteiger partial charge in [-0.1, -0.05) is 143 Å². The molecule has 7 aromatic carbocycles. The van der Waals surface area contributed by atoms with Gasteiger partial charge in [0.25, 0.3) is 0 Å². The first-order valence-corrected chi connectivity index (χ1v) is 16.0. The Bertz CT molecular complexity index is 2210. The van der Waals surface area contributed by atoms with E-state index in [0.29, 0.717) is 0 Å². The molecule has 0 aromatic heterocycles. The molecule has 0 bridgehead atoms. The Balaban J connectivity index is 1.42. The highest BCUT2D eigenvalue weighted by Crippen LogP contribution is 2.55. The molecular formula is C44H37N. The summed E-state index contributed by atoms with van der Waals surface area (Å²) < 4.78 is 0. The molecule has 0 aliphatic heterocycles. The fourth-order valence-electron chi connectivity index (χ4n) is 7.54. The van der Waals surface area contributed by atoms with Crippen LogP contribution < -0.4 is 4.90 Å². The van der Waals surface area contributed by atoms with Gasteiger partial charge in [0, 0.05) is 16.9 Å². The van der Waals surface area contributed by atoms with Crippen molar-refractivity contribution in [2.45, 2.75) is 38.5 Å². The van der Waals surface area contributed by atoms with Gasteiger partial charge in [0.1, 0.15) is 0 Å². The van der Waals surface area contributed by atoms with Crippen LogP contribution in [0.25, 0.3) is 43.8 Å². The van der Waals surface area contributed by atoms with E-state index in [4.69, 9.17) is 0 Å². The minimum absolute atomic E-state index is 0.00109. The van der Waals surface area contributed by atoms with Crippen molar-refractivity contribution in [3.8, 4) is 22.3 Å². The summed E-state index contributed by atoms with van der Waals surface area (Å²) in [5.41, 5.74) is 11.2. The standard InChI is InChI=1S/C44H37N/c1-43(2)38-25-14-19-32-29-37(36-24-15-26-39(44(43,3)4)42(36)41(32)38)35-23-11-12-27-40(35)45(33-20-9-6-10-21-33)34-22-13-18-31(28-34)30-16-7-5-8-17-30/h5-29H,1-4H3. The molecular weight excluding hydrogens is 542 g/mol. The van der Waals surface area contributed by atoms with Crippen molar-refractivity contribution in [2.75, 3.05) is 4.90 Å². The number of anilines is 3. The van der Waals surface area contributed by atoms with E-state index in [1.54, 1.807) is 0 Å². The Kier molecular flexibility index (Phi) is 6.22. The van der Waals surface area contributed by atoms with Gasteiger partial charge in [0.15, 0.2) is 0 Å². The maximum absolute atomic E-state index is 2.43. The summed E-state index contributed by atoms with van der Waals surface area (Å²) in [5.74, 6) is 0. The van der Waals surface area contributed by atoms with Crippen molar-refractivity contribution in [3.63, 3.8) is 0 Å². The number of para-hydroxylation sites is 2. The molecule has 0 radical (unpaired) electrons. The largest absolute Gasteiger partial charge is 0.310 e. The van der Waals surface area contributed by atoms with Crippen LogP contribution in [-0.2, 0) is 10.8 Å². The van der Waals surface area contributed by atoms with Crippen LogP contribution in [0, 0.1) is 0 Å². The predicted octanol–water partition coefficient (Wildman–Crippen LogP) is 12.4. The minimum atomic E-state index is -0.0279. The van der Waals surface area contributed by atoms with Gasteiger partial charge >= 0.3 is 0 Å². The summed E-state index contributed by atoms with van der Waals surface area (Å²) in [7, 11) is 0. The van der Waals surface area contributed by atoms with Gasteiger partial charge in [-0.2, -0.15) is 0 Å². The van der Waals surface area contributed by atoms with E-state index in [2.05, 4.69) is 184 Å². The third-order valence-electron chi connectivity index (χ3n) is 10.6. The van der Waals surface area contributed by atoms with Gasteiger partial charge in [-0.3, -0.25) is 0 Å². The van der Waals surface area contributed by atoms with E-state index >= 15 is 0 Å². The molecule has 1 heteroatoms. The van der Waals surface area contributed by atoms with Gasteiger partial charge in [0.2, 0.25) is 0 Å². The molecule has 0 atom stereocenters. The van der Waals surface area contributed by atoms with E-state index in [1.807, 2.05) is 0 Å². The average molecular weight is 580 g/mol. The second kappa shape index (κ2) is 10.2. The summed E-state index contributed by atoms with van der Waals surface area (Å²) in [6.45, 7) is 9.66. The molecule has 0 fully saturated rings. The molecule has 7 aromatic rings. The average Bonchev–Trinajstić information content (AvgIpc) is 3.08. The Hall–Kier alpha value is -5.14. The van der Waals surface area contributed by atoms with Gasteiger partial charge < -0.3 is 4.90 Å². The quantitative estimate of drug-likeness (QED) is 0.183. The summed E-state index contributed by atoms with van der Waals surface area (Å²) >= 11 is 0. The van der Waals surface area contributed by atoms with Crippen molar-refractivity contribution in [2.24, 2.45) is 0 Å². The third kappa shape index (κ3) is 4.15. The zero-order valence-electron chi connectivity index (χ0n) is 26.4. The van der Waals surface area contributed by atoms with E-state index in [1.165, 1.54) is 54.9 Å². The predicted molar refractivity (Wildman–Crippen MR) is 193 cm³/mol. The number of benzene rings is 7. The fraction of sp³-hybridized carbons (Fsp3) is 0.136. The van der Waals surface area contributed by atoms with Gasteiger partial charge in [-0.15, -0.1) is 0 Å². The molecule has 0 saturated heterocycles. The molecule has 45 heavy (non-hydrogen) atoms. The number of rotatable bonds is 5. The Labute approximate surface area is 266 Å². The first-order chi connectivity index (χ1) is 21.9. The minimum Gasteiger partial charge on any atom is -0.310 e. The molecule has 1 aliphatic carbocycles. The molecule has 0 heterocycles. The lowest BCUT2D eigenvalue weighted by atomic mass is 9.56. The van der Waals surface area contributed by atoms with Crippen LogP contribution in [0.3, 0.4) is 0 Å². The Morgan fingerprint density at radius 2 is 1.00 bits per heavy atom. The second-order valence-corrected chi connectivity index (χ2v) is 13.4. The first kappa shape index (κ1) is 27.4. The molecule has 1 nitrogen and oxygen atoms in total. The smallest absolute Gasteiger partial charge is 0.0540 e. The molecule has 218 valence electrons. The number of nitrogens with zero attached hydrogens (tertiary/aromatic N) is 1. The van der Waals surface area contributed by atoms with E-state index in [9.17, 15) is 0 Å². The lowest BCUT2D eigenvalue weighted by Gasteiger charge is -2.47. The summed E-state index contributed by atoms with van der Waals surface area (Å²) in [6.07, 6.45) is 0. The van der Waals surface area contributed by atoms with Crippen LogP contribution in [0.1, 0.15) is 38.8 Å². The van der Waals surface area contributed by atoms with Crippen molar-refractivity contribution >= 4 is 38.6 Å². The van der Waals surface area contributed by atoms with Crippen LogP contribution in [0.5, 0.6) is 0 Å². The Morgan fingerprint density at radius 3 is 1.76 bits per heavy atom. The van der Waals surface area contributed by atoms with E-state index < -0.39 is 0 Å². The highest BCUT2D eigenvalue weighted by molar-refractivity contribution is 6.19. The summed E-state index contributed by atoms with van der Waals surface area (Å²) in [5, 5.41) is 5.42. The SMILES string of the molecule is CC1(C)c2cccc3cc(-c4ccccc4N(c4ccccc4)c4cccc(-c5ccccc5)c4)c4cccc(c4c23)C1(C)C. The van der Waals surface area contributed by atoms with Crippen molar-refractivity contribution in [1.82, 2.24) is 0 Å². The molecule has 8 rings (SSSR count). The fourth-order valence-corrected chi connectivity index (χ4v) is 7.54. The zero-order chi connectivity index (χ0) is 30.8. The van der Waals surface area contributed by atoms with Crippen molar-refractivity contribution in [3.05, 3.63) is 163 Å². The van der Waals surface area contributed by atoms with Crippen LogP contribution in [0.15, 0.2) is 152 Å². The number of hydrogen-bond acceptors (Lipinski definition) is 1. The third-order valence-corrected chi connectivity index (χ3v) is 10.6. The highest BCUT2D eigenvalue weighted by Gasteiger charge is 2.45. The molecule has 0 spiro atoms. The van der Waals surface area contributed by atoms with Crippen LogP contribution >= 0.6 is 0 Å². The lowest BCUT2D eigenvalue weighted by molar-refractivity contribution is 0.304. The monoisotopic (exact) mass is 579 g/mol. The number of hydrogen-bond donors (Lipinski definition) is 0.